The van der Waals surface area contributed by atoms with Gasteiger partial charge in [-0.25, -0.2) is 4.98 Å². The number of para-hydroxylation sites is 2. The molecule has 0 aliphatic carbocycles. The highest BCUT2D eigenvalue weighted by Gasteiger charge is 2.21. The van der Waals surface area contributed by atoms with Crippen LogP contribution in [-0.2, 0) is 6.37 Å². The van der Waals surface area contributed by atoms with Crippen molar-refractivity contribution in [2.24, 2.45) is 0 Å². The molecule has 0 unspecified atom stereocenters. The molecule has 0 atom stereocenters. The molecule has 0 bridgehead atoms. The lowest BCUT2D eigenvalue weighted by Crippen LogP contribution is -2.01. The topological polar surface area (TPSA) is 17.8 Å². The first-order valence-corrected chi connectivity index (χ1v) is 15.0. The van der Waals surface area contributed by atoms with Gasteiger partial charge in [0, 0.05) is 18.6 Å². The lowest BCUT2D eigenvalue weighted by Gasteiger charge is -2.21. The molecular formula is C45H32N2. The molecule has 9 aromatic rings. The van der Waals surface area contributed by atoms with Crippen LogP contribution in [0, 0.1) is 0 Å². The number of nitrogens with zero attached hydrogens (tertiary/aromatic N) is 2. The minimum Gasteiger partial charge on any atom is -0.296 e. The van der Waals surface area contributed by atoms with E-state index in [1.807, 2.05) is 42.5 Å². The van der Waals surface area contributed by atoms with E-state index in [9.17, 15) is 0 Å². The maximum absolute atomic E-state index is 9.09. The first kappa shape index (κ1) is 16.0. The van der Waals surface area contributed by atoms with Gasteiger partial charge >= 0.3 is 0 Å². The van der Waals surface area contributed by atoms with Crippen molar-refractivity contribution in [2.75, 3.05) is 0 Å². The van der Waals surface area contributed by atoms with Crippen molar-refractivity contribution >= 4 is 43.4 Å². The van der Waals surface area contributed by atoms with Gasteiger partial charge in [0.25, 0.3) is 0 Å². The van der Waals surface area contributed by atoms with E-state index < -0.39 is 73.6 Å². The molecule has 2 nitrogen and oxygen atoms in total. The number of rotatable bonds is 5. The minimum atomic E-state index is -3.06. The van der Waals surface area contributed by atoms with Crippen LogP contribution in [0.4, 0.5) is 0 Å². The van der Waals surface area contributed by atoms with Crippen LogP contribution in [-0.4, -0.2) is 9.55 Å². The highest BCUT2D eigenvalue weighted by Crippen LogP contribution is 2.47. The number of hydrogen-bond acceptors (Lipinski definition) is 1. The average Bonchev–Trinajstić information content (AvgIpc) is 3.66. The predicted molar refractivity (Wildman–Crippen MR) is 199 cm³/mol. The van der Waals surface area contributed by atoms with Gasteiger partial charge in [0.05, 0.1) is 30.4 Å². The van der Waals surface area contributed by atoms with Crippen LogP contribution in [0.25, 0.3) is 82.4 Å². The molecule has 9 rings (SSSR count). The Kier molecular flexibility index (Phi) is 3.79. The Morgan fingerprint density at radius 2 is 1.21 bits per heavy atom. The lowest BCUT2D eigenvalue weighted by molar-refractivity contribution is 0.913. The predicted octanol–water partition coefficient (Wildman–Crippen LogP) is 12.0. The minimum absolute atomic E-state index is 0.0743. The summed E-state index contributed by atoms with van der Waals surface area (Å²) in [5.74, 6) is -0.296. The summed E-state index contributed by atoms with van der Waals surface area (Å²) >= 11 is 0. The van der Waals surface area contributed by atoms with Crippen LogP contribution >= 0.6 is 0 Å². The summed E-state index contributed by atoms with van der Waals surface area (Å²) in [6.45, 7) is -3.06. The van der Waals surface area contributed by atoms with Crippen molar-refractivity contribution in [1.82, 2.24) is 9.55 Å². The molecule has 0 saturated carbocycles. The van der Waals surface area contributed by atoms with Crippen LogP contribution in [0.15, 0.2) is 164 Å². The van der Waals surface area contributed by atoms with Crippen molar-refractivity contribution in [2.45, 2.75) is 13.2 Å². The van der Waals surface area contributed by atoms with Crippen LogP contribution in [0.1, 0.15) is 33.2 Å². The zero-order valence-electron chi connectivity index (χ0n) is 39.7. The smallest absolute Gasteiger partial charge is 0.114 e. The first-order valence-electron chi connectivity index (χ1n) is 22.5. The highest BCUT2D eigenvalue weighted by atomic mass is 15.1. The molecule has 1 heterocycles. The Labute approximate surface area is 295 Å². The molecule has 2 heteroatoms. The normalized spacial score (nSPS) is 16.7. The molecule has 0 spiro atoms. The Bertz CT molecular complexity index is 3330. The number of hydrogen-bond donors (Lipinski definition) is 0. The standard InChI is InChI=1S/C45H32N2/c1-2-43-46-40-23-13-14-24-42(40)47(43)41-28-27-37(33-19-9-10-20-34(33)41)45-36-22-12-11-21-35(36)44(31-17-7-4-8-18-31)39-29-32(25-26-38(39)45)30-15-5-3-6-16-30/h3-29H,2H2,1H3/i1D3,2D2,3D,4D,5D,6D,7D,8D,15D,16D,17D,18D. The van der Waals surface area contributed by atoms with Gasteiger partial charge in [-0.15, -0.1) is 0 Å². The first-order chi connectivity index (χ1) is 29.4. The molecule has 0 aliphatic heterocycles. The van der Waals surface area contributed by atoms with E-state index in [-0.39, 0.29) is 28.1 Å². The number of fused-ring (bicyclic) bond motifs is 4. The second-order valence-corrected chi connectivity index (χ2v) is 11.1. The van der Waals surface area contributed by atoms with E-state index in [1.165, 1.54) is 4.57 Å². The molecular weight excluding hydrogens is 569 g/mol. The number of aryl methyl sites for hydroxylation is 1. The fourth-order valence-corrected chi connectivity index (χ4v) is 6.71. The van der Waals surface area contributed by atoms with Crippen molar-refractivity contribution in [3.8, 4) is 39.1 Å². The molecule has 0 N–H and O–H groups in total. The van der Waals surface area contributed by atoms with E-state index >= 15 is 0 Å². The number of aromatic nitrogens is 2. The third-order valence-corrected chi connectivity index (χ3v) is 8.65. The maximum atomic E-state index is 9.09. The van der Waals surface area contributed by atoms with Crippen LogP contribution in [0.3, 0.4) is 0 Å². The monoisotopic (exact) mass is 615 g/mol. The van der Waals surface area contributed by atoms with Crippen molar-refractivity contribution < 1.29 is 20.6 Å². The molecule has 8 aromatic carbocycles. The molecule has 222 valence electrons. The third kappa shape index (κ3) is 4.37. The summed E-state index contributed by atoms with van der Waals surface area (Å²) in [4.78, 5) is 4.53. The quantitative estimate of drug-likeness (QED) is 0.176. The molecule has 0 aliphatic rings. The largest absolute Gasteiger partial charge is 0.296 e. The molecule has 0 fully saturated rings. The fraction of sp³-hybridized carbons (Fsp3) is 0.0444. The van der Waals surface area contributed by atoms with Crippen LogP contribution in [0.5, 0.6) is 0 Å². The summed E-state index contributed by atoms with van der Waals surface area (Å²) < 4.78 is 130. The maximum Gasteiger partial charge on any atom is 0.114 e. The Hall–Kier alpha value is -5.99. The lowest BCUT2D eigenvalue weighted by atomic mass is 9.83. The number of benzene rings is 8. The van der Waals surface area contributed by atoms with Gasteiger partial charge in [0.15, 0.2) is 0 Å². The van der Waals surface area contributed by atoms with Gasteiger partial charge < -0.3 is 0 Å². The van der Waals surface area contributed by atoms with E-state index in [0.717, 1.165) is 0 Å². The fourth-order valence-electron chi connectivity index (χ4n) is 6.71. The Morgan fingerprint density at radius 1 is 0.574 bits per heavy atom. The zero-order chi connectivity index (χ0) is 44.3. The van der Waals surface area contributed by atoms with Crippen LogP contribution < -0.4 is 0 Å². The van der Waals surface area contributed by atoms with E-state index in [0.29, 0.717) is 60.2 Å². The third-order valence-electron chi connectivity index (χ3n) is 8.65. The van der Waals surface area contributed by atoms with Gasteiger partial charge in [-0.2, -0.15) is 0 Å². The van der Waals surface area contributed by atoms with E-state index in [2.05, 4.69) is 4.98 Å². The van der Waals surface area contributed by atoms with Gasteiger partial charge in [-0.1, -0.05) is 146 Å². The molecule has 1 aromatic heterocycles. The van der Waals surface area contributed by atoms with Crippen LogP contribution in [0.2, 0.25) is 0 Å². The summed E-state index contributed by atoms with van der Waals surface area (Å²) in [5, 5.41) is 3.38. The summed E-state index contributed by atoms with van der Waals surface area (Å²) in [5.41, 5.74) is 3.08. The van der Waals surface area contributed by atoms with Gasteiger partial charge in [0.1, 0.15) is 5.82 Å². The van der Waals surface area contributed by atoms with Crippen molar-refractivity contribution in [1.29, 1.82) is 0 Å². The van der Waals surface area contributed by atoms with Gasteiger partial charge in [0.2, 0.25) is 0 Å². The average molecular weight is 616 g/mol. The van der Waals surface area contributed by atoms with Gasteiger partial charge in [-0.3, -0.25) is 4.57 Å². The van der Waals surface area contributed by atoms with Crippen molar-refractivity contribution in [3.05, 3.63) is 169 Å². The molecule has 0 saturated heterocycles. The Morgan fingerprint density at radius 3 is 1.98 bits per heavy atom. The van der Waals surface area contributed by atoms with Crippen molar-refractivity contribution in [3.63, 3.8) is 0 Å². The molecule has 0 amide bonds. The summed E-state index contributed by atoms with van der Waals surface area (Å²) in [7, 11) is 0. The summed E-state index contributed by atoms with van der Waals surface area (Å²) in [6, 6.07) is 25.2. The molecule has 47 heavy (non-hydrogen) atoms. The van der Waals surface area contributed by atoms with E-state index in [1.54, 1.807) is 60.7 Å². The molecule has 0 radical (unpaired) electrons. The SMILES string of the molecule is [2H]c1c([2H])c([2H])c(-c2ccc3c(-c4ccc(-n5c(C([2H])([2H])C([2H])([2H])[2H])nc6ccccc65)c5ccccc45)c4ccccc4c(-c4c([2H])c([2H])c([2H])c([2H])c4[2H])c3c2)c([2H])c1[2H]. The summed E-state index contributed by atoms with van der Waals surface area (Å²) in [6.07, 6.45) is -2.85. The zero-order valence-corrected chi connectivity index (χ0v) is 24.7. The highest BCUT2D eigenvalue weighted by molar-refractivity contribution is 6.24. The second-order valence-electron chi connectivity index (χ2n) is 11.1. The Balaban J connectivity index is 1.44. The van der Waals surface area contributed by atoms with E-state index in [4.69, 9.17) is 20.6 Å². The second kappa shape index (κ2) is 11.1. The number of imidazole rings is 1. The van der Waals surface area contributed by atoms with Gasteiger partial charge in [-0.05, 0) is 84.6 Å².